The van der Waals surface area contributed by atoms with E-state index in [0.717, 1.165) is 38.5 Å². The van der Waals surface area contributed by atoms with Crippen LogP contribution in [-0.2, 0) is 0 Å². The van der Waals surface area contributed by atoms with Crippen LogP contribution in [0.5, 0.6) is 0 Å². The smallest absolute Gasteiger partial charge is 0.336 e. The molecule has 140 valence electrons. The summed E-state index contributed by atoms with van der Waals surface area (Å²) in [6.07, 6.45) is 11.1. The van der Waals surface area contributed by atoms with Crippen LogP contribution in [0, 0.1) is 0 Å². The average Bonchev–Trinajstić information content (AvgIpc) is 2.59. The van der Waals surface area contributed by atoms with Crippen LogP contribution in [0.25, 0.3) is 0 Å². The molecule has 0 spiro atoms. The second-order valence-corrected chi connectivity index (χ2v) is 6.78. The Hall–Kier alpha value is -1.84. The molecule has 0 saturated heterocycles. The standard InChI is InChI=1S/C21H32O4/c1-3-5-7-8-9-10-13-16(12-6-4-2)17-14-11-15-18(20(22)23)19(17)21(24)25/h11,14-16H,3-10,12-13H2,1-2H3,(H,22,23)(H,24,25). The van der Waals surface area contributed by atoms with Crippen molar-refractivity contribution in [2.24, 2.45) is 0 Å². The average molecular weight is 348 g/mol. The molecular weight excluding hydrogens is 316 g/mol. The van der Waals surface area contributed by atoms with Gasteiger partial charge in [0.25, 0.3) is 0 Å². The van der Waals surface area contributed by atoms with Gasteiger partial charge >= 0.3 is 11.9 Å². The molecule has 1 rings (SSSR count). The van der Waals surface area contributed by atoms with Gasteiger partial charge in [0.15, 0.2) is 0 Å². The largest absolute Gasteiger partial charge is 0.478 e. The molecule has 0 bridgehead atoms. The van der Waals surface area contributed by atoms with Crippen molar-refractivity contribution in [1.29, 1.82) is 0 Å². The zero-order valence-electron chi connectivity index (χ0n) is 15.6. The molecule has 0 aromatic heterocycles. The van der Waals surface area contributed by atoms with E-state index < -0.39 is 11.9 Å². The lowest BCUT2D eigenvalue weighted by molar-refractivity contribution is 0.0650. The van der Waals surface area contributed by atoms with E-state index in [2.05, 4.69) is 13.8 Å². The van der Waals surface area contributed by atoms with Crippen molar-refractivity contribution < 1.29 is 19.8 Å². The third kappa shape index (κ3) is 6.89. The van der Waals surface area contributed by atoms with Crippen LogP contribution in [0.15, 0.2) is 18.2 Å². The first-order valence-electron chi connectivity index (χ1n) is 9.62. The molecule has 0 amide bonds. The number of carboxylic acids is 2. The maximum absolute atomic E-state index is 11.7. The molecule has 0 fully saturated rings. The van der Waals surface area contributed by atoms with Crippen molar-refractivity contribution in [3.8, 4) is 0 Å². The van der Waals surface area contributed by atoms with E-state index in [-0.39, 0.29) is 17.0 Å². The van der Waals surface area contributed by atoms with Crippen LogP contribution in [0.1, 0.15) is 110 Å². The number of carbonyl (C=O) groups is 2. The van der Waals surface area contributed by atoms with Crippen molar-refractivity contribution in [2.45, 2.75) is 84.0 Å². The van der Waals surface area contributed by atoms with Gasteiger partial charge in [0, 0.05) is 0 Å². The summed E-state index contributed by atoms with van der Waals surface area (Å²) < 4.78 is 0. The first kappa shape index (κ1) is 21.2. The van der Waals surface area contributed by atoms with E-state index in [0.29, 0.717) is 5.56 Å². The Balaban J connectivity index is 2.92. The van der Waals surface area contributed by atoms with Crippen LogP contribution >= 0.6 is 0 Å². The summed E-state index contributed by atoms with van der Waals surface area (Å²) in [4.78, 5) is 23.1. The van der Waals surface area contributed by atoms with E-state index >= 15 is 0 Å². The van der Waals surface area contributed by atoms with Gasteiger partial charge in [-0.2, -0.15) is 0 Å². The normalized spacial score (nSPS) is 12.1. The highest BCUT2D eigenvalue weighted by Gasteiger charge is 2.24. The molecule has 25 heavy (non-hydrogen) atoms. The van der Waals surface area contributed by atoms with E-state index in [1.54, 1.807) is 12.1 Å². The predicted octanol–water partition coefficient (Wildman–Crippen LogP) is 6.11. The molecule has 0 aliphatic carbocycles. The molecule has 1 aromatic rings. The monoisotopic (exact) mass is 348 g/mol. The minimum atomic E-state index is -1.17. The lowest BCUT2D eigenvalue weighted by Gasteiger charge is -2.20. The van der Waals surface area contributed by atoms with Crippen LogP contribution in [0.4, 0.5) is 0 Å². The van der Waals surface area contributed by atoms with Gasteiger partial charge in [0.2, 0.25) is 0 Å². The number of rotatable bonds is 13. The van der Waals surface area contributed by atoms with Gasteiger partial charge in [0.1, 0.15) is 0 Å². The molecule has 0 aliphatic rings. The van der Waals surface area contributed by atoms with Crippen molar-refractivity contribution in [2.75, 3.05) is 0 Å². The zero-order chi connectivity index (χ0) is 18.7. The molecule has 4 nitrogen and oxygen atoms in total. The molecule has 0 heterocycles. The topological polar surface area (TPSA) is 74.6 Å². The number of unbranched alkanes of at least 4 members (excludes halogenated alkanes) is 6. The van der Waals surface area contributed by atoms with Crippen molar-refractivity contribution >= 4 is 11.9 Å². The molecule has 1 aromatic carbocycles. The van der Waals surface area contributed by atoms with Gasteiger partial charge in [-0.15, -0.1) is 0 Å². The Morgan fingerprint density at radius 3 is 2.04 bits per heavy atom. The Labute approximate surface area is 151 Å². The number of benzene rings is 1. The fourth-order valence-electron chi connectivity index (χ4n) is 3.40. The molecule has 4 heteroatoms. The summed E-state index contributed by atoms with van der Waals surface area (Å²) in [6.45, 7) is 4.32. The molecule has 1 atom stereocenters. The van der Waals surface area contributed by atoms with Gasteiger partial charge in [-0.3, -0.25) is 0 Å². The van der Waals surface area contributed by atoms with Crippen LogP contribution in [0.2, 0.25) is 0 Å². The molecule has 0 aliphatic heterocycles. The van der Waals surface area contributed by atoms with Gasteiger partial charge in [-0.05, 0) is 30.4 Å². The van der Waals surface area contributed by atoms with E-state index in [9.17, 15) is 19.8 Å². The summed E-state index contributed by atoms with van der Waals surface area (Å²) >= 11 is 0. The quantitative estimate of drug-likeness (QED) is 0.422. The van der Waals surface area contributed by atoms with Crippen molar-refractivity contribution in [3.05, 3.63) is 34.9 Å². The van der Waals surface area contributed by atoms with E-state index in [1.165, 1.54) is 31.7 Å². The second kappa shape index (κ2) is 11.7. The number of hydrogen-bond acceptors (Lipinski definition) is 2. The summed E-state index contributed by atoms with van der Waals surface area (Å²) in [5.41, 5.74) is 0.561. The lowest BCUT2D eigenvalue weighted by Crippen LogP contribution is -2.14. The summed E-state index contributed by atoms with van der Waals surface area (Å²) in [7, 11) is 0. The SMILES string of the molecule is CCCCCCCCC(CCCC)c1cccc(C(=O)O)c1C(=O)O. The number of carboxylic acid groups (broad SMARTS) is 2. The molecular formula is C21H32O4. The Bertz CT molecular complexity index is 551. The highest BCUT2D eigenvalue weighted by atomic mass is 16.4. The van der Waals surface area contributed by atoms with Crippen LogP contribution < -0.4 is 0 Å². The lowest BCUT2D eigenvalue weighted by atomic mass is 9.84. The molecule has 0 saturated carbocycles. The summed E-state index contributed by atoms with van der Waals surface area (Å²) in [6, 6.07) is 4.86. The van der Waals surface area contributed by atoms with Gasteiger partial charge < -0.3 is 10.2 Å². The molecule has 1 unspecified atom stereocenters. The Kier molecular flexibility index (Phi) is 9.90. The molecule has 2 N–H and O–H groups in total. The third-order valence-corrected chi connectivity index (χ3v) is 4.79. The predicted molar refractivity (Wildman–Crippen MR) is 101 cm³/mol. The zero-order valence-corrected chi connectivity index (χ0v) is 15.6. The van der Waals surface area contributed by atoms with Gasteiger partial charge in [-0.1, -0.05) is 77.3 Å². The highest BCUT2D eigenvalue weighted by molar-refractivity contribution is 6.02. The maximum Gasteiger partial charge on any atom is 0.336 e. The van der Waals surface area contributed by atoms with E-state index in [1.807, 2.05) is 0 Å². The summed E-state index contributed by atoms with van der Waals surface area (Å²) in [5, 5.41) is 18.9. The minimum Gasteiger partial charge on any atom is -0.478 e. The van der Waals surface area contributed by atoms with Crippen LogP contribution in [0.3, 0.4) is 0 Å². The van der Waals surface area contributed by atoms with E-state index in [4.69, 9.17) is 0 Å². The first-order valence-corrected chi connectivity index (χ1v) is 9.62. The second-order valence-electron chi connectivity index (χ2n) is 6.78. The Morgan fingerprint density at radius 2 is 1.44 bits per heavy atom. The fourth-order valence-corrected chi connectivity index (χ4v) is 3.40. The maximum atomic E-state index is 11.7. The summed E-state index contributed by atoms with van der Waals surface area (Å²) in [5.74, 6) is -2.19. The van der Waals surface area contributed by atoms with Crippen molar-refractivity contribution in [3.63, 3.8) is 0 Å². The third-order valence-electron chi connectivity index (χ3n) is 4.79. The fraction of sp³-hybridized carbons (Fsp3) is 0.619. The number of aromatic carboxylic acids is 2. The minimum absolute atomic E-state index is 0.0258. The first-order chi connectivity index (χ1) is 12.0. The van der Waals surface area contributed by atoms with Gasteiger partial charge in [-0.25, -0.2) is 9.59 Å². The molecule has 0 radical (unpaired) electrons. The van der Waals surface area contributed by atoms with Gasteiger partial charge in [0.05, 0.1) is 11.1 Å². The van der Waals surface area contributed by atoms with Crippen LogP contribution in [-0.4, -0.2) is 22.2 Å². The number of hydrogen-bond donors (Lipinski definition) is 2. The van der Waals surface area contributed by atoms with Crippen molar-refractivity contribution in [1.82, 2.24) is 0 Å². The Morgan fingerprint density at radius 1 is 0.840 bits per heavy atom. The highest BCUT2D eigenvalue weighted by Crippen LogP contribution is 2.32.